The Morgan fingerprint density at radius 3 is 3.12 bits per heavy atom. The van der Waals surface area contributed by atoms with Gasteiger partial charge < -0.3 is 20.3 Å². The summed E-state index contributed by atoms with van der Waals surface area (Å²) in [6.45, 7) is 2.83. The average Bonchev–Trinajstić information content (AvgIpc) is 2.64. The Hall–Kier alpha value is -2.68. The minimum absolute atomic E-state index is 0.0813. The minimum Gasteiger partial charge on any atom is -0.374 e. The molecule has 1 fully saturated rings. The average molecular weight is 345 g/mol. The largest absolute Gasteiger partial charge is 0.374 e. The lowest BCUT2D eigenvalue weighted by Crippen LogP contribution is -2.43. The van der Waals surface area contributed by atoms with Crippen LogP contribution in [0.2, 0.25) is 0 Å². The Morgan fingerprint density at radius 1 is 1.44 bits per heavy atom. The standard InChI is InChI=1S/C16H23N7O2/c1-17-14-4-6-19-16(21-14)18-5-3-13-11-23(7-8-25-13)12-9-15(24)22(2)20-10-12/h4,6,9-10,13H,3,5,7-8,11H2,1-2H3,(H2,17,18,19,21)/t13-/m0/s1. The summed E-state index contributed by atoms with van der Waals surface area (Å²) in [6, 6.07) is 3.43. The molecule has 0 aliphatic carbocycles. The maximum absolute atomic E-state index is 11.8. The van der Waals surface area contributed by atoms with Gasteiger partial charge in [0.1, 0.15) is 5.82 Å². The van der Waals surface area contributed by atoms with Crippen LogP contribution in [0.4, 0.5) is 17.5 Å². The van der Waals surface area contributed by atoms with Crippen molar-refractivity contribution < 1.29 is 4.74 Å². The van der Waals surface area contributed by atoms with E-state index in [1.54, 1.807) is 25.5 Å². The van der Waals surface area contributed by atoms with Gasteiger partial charge in [0.25, 0.3) is 5.56 Å². The van der Waals surface area contributed by atoms with Crippen LogP contribution in [0, 0.1) is 0 Å². The molecule has 1 aliphatic rings. The van der Waals surface area contributed by atoms with E-state index in [4.69, 9.17) is 4.74 Å². The predicted molar refractivity (Wildman–Crippen MR) is 96.1 cm³/mol. The molecule has 3 rings (SSSR count). The number of ether oxygens (including phenoxy) is 1. The number of hydrogen-bond donors (Lipinski definition) is 2. The van der Waals surface area contributed by atoms with E-state index in [9.17, 15) is 4.79 Å². The van der Waals surface area contributed by atoms with Gasteiger partial charge in [0.15, 0.2) is 0 Å². The Balaban J connectivity index is 1.53. The third-order valence-corrected chi connectivity index (χ3v) is 4.12. The molecule has 0 spiro atoms. The van der Waals surface area contributed by atoms with Gasteiger partial charge in [0, 0.05) is 46.0 Å². The van der Waals surface area contributed by atoms with E-state index in [2.05, 4.69) is 30.6 Å². The number of aryl methyl sites for hydroxylation is 1. The van der Waals surface area contributed by atoms with Gasteiger partial charge in [-0.2, -0.15) is 10.1 Å². The molecule has 1 aliphatic heterocycles. The van der Waals surface area contributed by atoms with Gasteiger partial charge in [-0.05, 0) is 12.5 Å². The number of aromatic nitrogens is 4. The second-order valence-electron chi connectivity index (χ2n) is 5.85. The summed E-state index contributed by atoms with van der Waals surface area (Å²) in [5.74, 6) is 1.37. The maximum Gasteiger partial charge on any atom is 0.268 e. The summed E-state index contributed by atoms with van der Waals surface area (Å²) in [7, 11) is 3.47. The van der Waals surface area contributed by atoms with Crippen molar-refractivity contribution in [3.05, 3.63) is 34.9 Å². The number of hydrogen-bond acceptors (Lipinski definition) is 8. The first-order valence-electron chi connectivity index (χ1n) is 8.30. The van der Waals surface area contributed by atoms with Crippen molar-refractivity contribution in [1.29, 1.82) is 0 Å². The molecule has 0 bridgehead atoms. The van der Waals surface area contributed by atoms with Crippen LogP contribution >= 0.6 is 0 Å². The second-order valence-corrected chi connectivity index (χ2v) is 5.85. The van der Waals surface area contributed by atoms with Crippen LogP contribution < -0.4 is 21.1 Å². The normalized spacial score (nSPS) is 17.4. The molecule has 0 aromatic carbocycles. The number of morpholine rings is 1. The summed E-state index contributed by atoms with van der Waals surface area (Å²) in [5.41, 5.74) is 0.734. The van der Waals surface area contributed by atoms with Crippen molar-refractivity contribution >= 4 is 17.5 Å². The van der Waals surface area contributed by atoms with Crippen LogP contribution in [0.3, 0.4) is 0 Å². The van der Waals surface area contributed by atoms with E-state index in [-0.39, 0.29) is 11.7 Å². The molecule has 0 saturated carbocycles. The molecule has 2 aromatic heterocycles. The van der Waals surface area contributed by atoms with Crippen LogP contribution in [-0.4, -0.2) is 59.1 Å². The molecule has 0 amide bonds. The highest BCUT2D eigenvalue weighted by atomic mass is 16.5. The van der Waals surface area contributed by atoms with Crippen molar-refractivity contribution in [2.45, 2.75) is 12.5 Å². The van der Waals surface area contributed by atoms with E-state index in [0.717, 1.165) is 31.0 Å². The highest BCUT2D eigenvalue weighted by Crippen LogP contribution is 2.16. The molecule has 9 heteroatoms. The van der Waals surface area contributed by atoms with E-state index in [1.807, 2.05) is 13.1 Å². The van der Waals surface area contributed by atoms with E-state index in [0.29, 0.717) is 19.1 Å². The van der Waals surface area contributed by atoms with Crippen molar-refractivity contribution in [3.63, 3.8) is 0 Å². The summed E-state index contributed by atoms with van der Waals surface area (Å²) in [6.07, 6.45) is 4.34. The first-order valence-corrected chi connectivity index (χ1v) is 8.30. The van der Waals surface area contributed by atoms with Gasteiger partial charge in [-0.1, -0.05) is 0 Å². The fraction of sp³-hybridized carbons (Fsp3) is 0.500. The monoisotopic (exact) mass is 345 g/mol. The second kappa shape index (κ2) is 7.93. The lowest BCUT2D eigenvalue weighted by Gasteiger charge is -2.34. The summed E-state index contributed by atoms with van der Waals surface area (Å²) < 4.78 is 7.15. The molecule has 25 heavy (non-hydrogen) atoms. The molecular weight excluding hydrogens is 322 g/mol. The summed E-state index contributed by atoms with van der Waals surface area (Å²) in [5, 5.41) is 10.3. The van der Waals surface area contributed by atoms with Crippen LogP contribution in [-0.2, 0) is 11.8 Å². The van der Waals surface area contributed by atoms with Crippen LogP contribution in [0.5, 0.6) is 0 Å². The summed E-state index contributed by atoms with van der Waals surface area (Å²) in [4.78, 5) is 22.4. The van der Waals surface area contributed by atoms with Crippen molar-refractivity contribution in [3.8, 4) is 0 Å². The molecule has 0 radical (unpaired) electrons. The lowest BCUT2D eigenvalue weighted by atomic mass is 10.2. The molecule has 1 atom stereocenters. The fourth-order valence-electron chi connectivity index (χ4n) is 2.69. The quantitative estimate of drug-likeness (QED) is 0.773. The van der Waals surface area contributed by atoms with Crippen LogP contribution in [0.1, 0.15) is 6.42 Å². The third kappa shape index (κ3) is 4.44. The topological polar surface area (TPSA) is 97.2 Å². The van der Waals surface area contributed by atoms with Gasteiger partial charge in [-0.25, -0.2) is 9.67 Å². The molecule has 9 nitrogen and oxygen atoms in total. The molecule has 0 unspecified atom stereocenters. The Bertz CT molecular complexity index is 764. The number of anilines is 3. The van der Waals surface area contributed by atoms with Crippen molar-refractivity contribution in [1.82, 2.24) is 19.7 Å². The van der Waals surface area contributed by atoms with Crippen LogP contribution in [0.15, 0.2) is 29.3 Å². The van der Waals surface area contributed by atoms with Gasteiger partial charge in [0.05, 0.1) is 24.6 Å². The highest BCUT2D eigenvalue weighted by Gasteiger charge is 2.21. The van der Waals surface area contributed by atoms with Gasteiger partial charge in [0.2, 0.25) is 5.95 Å². The van der Waals surface area contributed by atoms with Crippen LogP contribution in [0.25, 0.3) is 0 Å². The summed E-state index contributed by atoms with van der Waals surface area (Å²) >= 11 is 0. The molecule has 134 valence electrons. The molecular formula is C16H23N7O2. The zero-order chi connectivity index (χ0) is 17.6. The Morgan fingerprint density at radius 2 is 2.32 bits per heavy atom. The molecule has 1 saturated heterocycles. The predicted octanol–water partition coefficient (Wildman–Crippen LogP) is 0.319. The molecule has 2 aromatic rings. The van der Waals surface area contributed by atoms with Gasteiger partial charge in [-0.15, -0.1) is 0 Å². The maximum atomic E-state index is 11.8. The Kier molecular flexibility index (Phi) is 5.44. The zero-order valence-corrected chi connectivity index (χ0v) is 14.5. The number of nitrogens with one attached hydrogen (secondary N) is 2. The first kappa shape index (κ1) is 17.2. The minimum atomic E-state index is -0.108. The van der Waals surface area contributed by atoms with Crippen molar-refractivity contribution in [2.24, 2.45) is 7.05 Å². The molecule has 2 N–H and O–H groups in total. The smallest absolute Gasteiger partial charge is 0.268 e. The highest BCUT2D eigenvalue weighted by molar-refractivity contribution is 5.43. The number of nitrogens with zero attached hydrogens (tertiary/aromatic N) is 5. The fourth-order valence-corrected chi connectivity index (χ4v) is 2.69. The van der Waals surface area contributed by atoms with Gasteiger partial charge in [-0.3, -0.25) is 4.79 Å². The van der Waals surface area contributed by atoms with E-state index in [1.165, 1.54) is 4.68 Å². The van der Waals surface area contributed by atoms with Gasteiger partial charge >= 0.3 is 0 Å². The number of rotatable bonds is 6. The van der Waals surface area contributed by atoms with E-state index >= 15 is 0 Å². The van der Waals surface area contributed by atoms with Crippen molar-refractivity contribution in [2.75, 3.05) is 48.8 Å². The van der Waals surface area contributed by atoms with E-state index < -0.39 is 0 Å². The molecule has 3 heterocycles. The first-order chi connectivity index (χ1) is 12.2. The lowest BCUT2D eigenvalue weighted by molar-refractivity contribution is 0.0374. The SMILES string of the molecule is CNc1ccnc(NCC[C@H]2CN(c3cnn(C)c(=O)c3)CCO2)n1. The third-order valence-electron chi connectivity index (χ3n) is 4.12. The zero-order valence-electron chi connectivity index (χ0n) is 14.5. The Labute approximate surface area is 146 Å².